The van der Waals surface area contributed by atoms with Crippen molar-refractivity contribution >= 4 is 208 Å². The van der Waals surface area contributed by atoms with E-state index in [0.29, 0.717) is 0 Å². The Hall–Kier alpha value is -4.68. The number of nitrogens with zero attached hydrogens (tertiary/aromatic N) is 8. The molecule has 0 unspecified atom stereocenters. The molecule has 4 aliphatic rings. The Morgan fingerprint density at radius 2 is 0.439 bits per heavy atom. The van der Waals surface area contributed by atoms with Crippen molar-refractivity contribution in [2.45, 2.75) is 265 Å². The van der Waals surface area contributed by atoms with Crippen LogP contribution in [0, 0.1) is 0 Å². The van der Waals surface area contributed by atoms with Crippen LogP contribution in [-0.2, 0) is 0 Å². The van der Waals surface area contributed by atoms with E-state index in [1.807, 2.05) is 56.4 Å². The first-order valence-electron chi connectivity index (χ1n) is 40.5. The maximum Gasteiger partial charge on any atom is 0.0906 e. The highest BCUT2D eigenvalue weighted by Gasteiger charge is 2.30. The second-order valence-electron chi connectivity index (χ2n) is 31.4. The van der Waals surface area contributed by atoms with Crippen LogP contribution in [0.25, 0.3) is 0 Å². The lowest BCUT2D eigenvalue weighted by Crippen LogP contribution is -2.27. The monoisotopic (exact) mass is 1910 g/mol. The maximum absolute atomic E-state index is 4.74. The van der Waals surface area contributed by atoms with Gasteiger partial charge in [0.15, 0.2) is 0 Å². The lowest BCUT2D eigenvalue weighted by molar-refractivity contribution is 0.666. The van der Waals surface area contributed by atoms with E-state index in [4.69, 9.17) is 9.98 Å². The molecule has 8 nitrogen and oxygen atoms in total. The highest BCUT2D eigenvalue weighted by Crippen LogP contribution is 2.36. The molecule has 0 heterocycles. The van der Waals surface area contributed by atoms with E-state index in [1.54, 1.807) is 0 Å². The molecule has 20 heteroatoms. The van der Waals surface area contributed by atoms with Crippen molar-refractivity contribution < 1.29 is 0 Å². The highest BCUT2D eigenvalue weighted by atomic mass is 32.1. The summed E-state index contributed by atoms with van der Waals surface area (Å²) in [7, 11) is 14.9. The number of allylic oxidation sites excluding steroid dienone is 48. The summed E-state index contributed by atoms with van der Waals surface area (Å²) in [6, 6.07) is 0. The van der Waals surface area contributed by atoms with Gasteiger partial charge in [-0.2, -0.15) is 162 Å². The van der Waals surface area contributed by atoms with Crippen molar-refractivity contribution in [3.05, 3.63) is 277 Å². The van der Waals surface area contributed by atoms with Gasteiger partial charge in [-0.15, -0.1) is 0 Å². The predicted molar refractivity (Wildman–Crippen MR) is 631 cm³/mol. The second-order valence-corrected chi connectivity index (χ2v) is 31.4. The molecule has 0 radical (unpaired) electrons. The molecule has 123 heavy (non-hydrogen) atoms. The standard InChI is InChI=1S/C34H54N2.C24H34N2.C23H32N2.C22H30N2.12H2S/c1-11-13-15-17-19-29(25(3)4)23-27(7)31-21-22-32(34(36-10)33(31)35-9)28(8)24-30(26(5)6)20-18-16-14-12-2;1-15(2)11-13-17(5)21-19(7)20(8)22(18(6)14-12-16(3)4)24(26-10)23(21)25-9;1-15(2)10-12-17(5)20-14-19(7)21(18(6)13-11-16(3)4)23(25-9)22(20)24-8;1-15(2)9-11-17(5)19-13-14-20(18(6)12-10-16(3)4)22(24-8)21(19)23-7;;;;;;;;;;;;/h21-24H,11-20H2,1-10H3;11-14H,1-10H3;10-14H,1-9H3;9-14H,1-8H3;12*1H2/b27-23+,28-24+,35-33?,36-34?;17-13+,18-14+,25-23?,26-24?;17-12+,18-13+,24-22?,25-23?;17-11+,18-12+,23-21?,24-22?;;;;;;;;;;;;. The van der Waals surface area contributed by atoms with Gasteiger partial charge >= 0.3 is 0 Å². The Bertz CT molecular complexity index is 4220. The molecule has 0 bridgehead atoms. The predicted octanol–water partition coefficient (Wildman–Crippen LogP) is 30.5. The first-order valence-corrected chi connectivity index (χ1v) is 40.5. The second kappa shape index (κ2) is 77.3. The van der Waals surface area contributed by atoms with Gasteiger partial charge in [-0.1, -0.05) is 206 Å². The molecule has 0 saturated heterocycles. The molecule has 0 aromatic rings. The Morgan fingerprint density at radius 1 is 0.236 bits per heavy atom. The van der Waals surface area contributed by atoms with Crippen molar-refractivity contribution in [3.8, 4) is 0 Å². The van der Waals surface area contributed by atoms with Crippen molar-refractivity contribution in [3.63, 3.8) is 0 Å². The van der Waals surface area contributed by atoms with E-state index in [2.05, 4.69) is 346 Å². The number of unbranched alkanes of at least 4 members (excludes halogenated alkanes) is 6. The Balaban J connectivity index is -0.000000131. The SMILES string of the molecule is CCCCCCC(/C=C(\C)C1=CC=C(/C(C)=C/C(CCCCCC)=C(C)C)C(=NC)C1=NC)=C(C)C.CN=C1C(/C(C)=C/C=C(C)C)=CC(C)=C(/C(C)=C/C=C(C)C)C1=NC.CN=C1C(/C(C)=C/C=C(C)C)=CC=C(/C(C)=C/C=C(C)C)C1=NC.CN=C1C(=NC)C(/C(C)=C/C=C(C)C)=C(C)C(C)=C1/C(C)=C/C=C(C)C.S.S.S.S.S.S.S.S.S.S.S.S. The van der Waals surface area contributed by atoms with E-state index >= 15 is 0 Å². The van der Waals surface area contributed by atoms with E-state index in [0.717, 1.165) is 75.3 Å². The molecule has 0 saturated carbocycles. The molecule has 4 aliphatic carbocycles. The summed E-state index contributed by atoms with van der Waals surface area (Å²) in [4.78, 5) is 37.0. The number of aliphatic imine (C=N–C) groups is 8. The van der Waals surface area contributed by atoms with Gasteiger partial charge in [-0.3, -0.25) is 39.9 Å². The summed E-state index contributed by atoms with van der Waals surface area (Å²) >= 11 is 0. The average molecular weight is 1910 g/mol. The lowest BCUT2D eigenvalue weighted by atomic mass is 9.78. The summed E-state index contributed by atoms with van der Waals surface area (Å²) in [6.07, 6.45) is 54.2. The van der Waals surface area contributed by atoms with Crippen LogP contribution in [0.2, 0.25) is 0 Å². The summed E-state index contributed by atoms with van der Waals surface area (Å²) in [5, 5.41) is 0. The zero-order chi connectivity index (χ0) is 84.5. The molecule has 0 atom stereocenters. The Morgan fingerprint density at radius 3 is 0.659 bits per heavy atom. The summed E-state index contributed by atoms with van der Waals surface area (Å²) in [5.41, 5.74) is 44.1. The third kappa shape index (κ3) is 48.5. The van der Waals surface area contributed by atoms with E-state index in [9.17, 15) is 0 Å². The van der Waals surface area contributed by atoms with Crippen LogP contribution in [0.5, 0.6) is 0 Å². The normalized spacial score (nSPS) is 16.7. The zero-order valence-corrected chi connectivity index (χ0v) is 95.1. The average Bonchev–Trinajstić information content (AvgIpc) is 0.763. The van der Waals surface area contributed by atoms with Gasteiger partial charge in [0.05, 0.1) is 45.7 Å². The molecule has 0 fully saturated rings. The van der Waals surface area contributed by atoms with Gasteiger partial charge in [0.2, 0.25) is 0 Å². The third-order valence-corrected chi connectivity index (χ3v) is 19.5. The number of rotatable bonds is 26. The van der Waals surface area contributed by atoms with Crippen LogP contribution in [0.1, 0.15) is 265 Å². The van der Waals surface area contributed by atoms with Crippen LogP contribution in [0.15, 0.2) is 317 Å². The molecule has 0 aromatic carbocycles. The fraction of sp³-hybridized carbons (Fsp3) is 0.456. The summed E-state index contributed by atoms with van der Waals surface area (Å²) in [6.45, 7) is 62.5. The summed E-state index contributed by atoms with van der Waals surface area (Å²) in [5.74, 6) is 0. The van der Waals surface area contributed by atoms with E-state index < -0.39 is 0 Å². The molecule has 0 spiro atoms. The van der Waals surface area contributed by atoms with Gasteiger partial charge in [-0.05, 0) is 291 Å². The fourth-order valence-corrected chi connectivity index (χ4v) is 13.1. The smallest absolute Gasteiger partial charge is 0.0906 e. The van der Waals surface area contributed by atoms with Gasteiger partial charge in [-0.25, -0.2) is 0 Å². The van der Waals surface area contributed by atoms with Gasteiger partial charge < -0.3 is 0 Å². The molecular weight excluding hydrogens is 1730 g/mol. The number of hydrogen-bond donors (Lipinski definition) is 0. The largest absolute Gasteiger partial charge is 0.286 e. The highest BCUT2D eigenvalue weighted by molar-refractivity contribution is 7.60. The van der Waals surface area contributed by atoms with Crippen LogP contribution >= 0.6 is 162 Å². The minimum Gasteiger partial charge on any atom is -0.286 e. The van der Waals surface area contributed by atoms with E-state index in [-0.39, 0.29) is 162 Å². The third-order valence-electron chi connectivity index (χ3n) is 19.5. The van der Waals surface area contributed by atoms with Gasteiger partial charge in [0, 0.05) is 101 Å². The molecule has 4 rings (SSSR count). The Kier molecular flexibility index (Phi) is 90.5. The van der Waals surface area contributed by atoms with Gasteiger partial charge in [0.1, 0.15) is 0 Å². The molecule has 0 amide bonds. The van der Waals surface area contributed by atoms with Crippen molar-refractivity contribution in [1.82, 2.24) is 0 Å². The first-order chi connectivity index (χ1) is 52.4. The van der Waals surface area contributed by atoms with Crippen LogP contribution in [0.3, 0.4) is 0 Å². The van der Waals surface area contributed by atoms with Crippen LogP contribution in [-0.4, -0.2) is 102 Å². The van der Waals surface area contributed by atoms with E-state index in [1.165, 1.54) is 196 Å². The quantitative estimate of drug-likeness (QED) is 0.0468. The fourth-order valence-electron chi connectivity index (χ4n) is 13.1. The first kappa shape index (κ1) is 144. The lowest BCUT2D eigenvalue weighted by Gasteiger charge is -2.27. The molecule has 0 aromatic heterocycles. The van der Waals surface area contributed by atoms with Crippen molar-refractivity contribution in [2.75, 3.05) is 56.4 Å². The minimum absolute atomic E-state index is 0. The Labute approximate surface area is 838 Å². The van der Waals surface area contributed by atoms with Crippen LogP contribution < -0.4 is 0 Å². The molecule has 0 aliphatic heterocycles. The maximum atomic E-state index is 4.74. The van der Waals surface area contributed by atoms with Crippen molar-refractivity contribution in [2.24, 2.45) is 39.9 Å². The number of hydrogen-bond acceptors (Lipinski definition) is 8. The van der Waals surface area contributed by atoms with Gasteiger partial charge in [0.25, 0.3) is 0 Å². The topological polar surface area (TPSA) is 98.9 Å². The summed E-state index contributed by atoms with van der Waals surface area (Å²) < 4.78 is 0. The molecule has 0 N–H and O–H groups in total. The van der Waals surface area contributed by atoms with Crippen molar-refractivity contribution in [1.29, 1.82) is 0 Å². The molecular formula is C103H174N8S12. The minimum atomic E-state index is 0. The zero-order valence-electron chi connectivity index (χ0n) is 83.1. The van der Waals surface area contributed by atoms with Crippen LogP contribution in [0.4, 0.5) is 0 Å². The molecule has 698 valence electrons.